The first-order chi connectivity index (χ1) is 19.4. The Balaban J connectivity index is 0.00000387. The number of nitro groups is 1. The number of aromatic amines is 1. The number of piperidine rings is 1. The second kappa shape index (κ2) is 13.5. The van der Waals surface area contributed by atoms with E-state index < -0.39 is 4.92 Å². The standard InChI is InChI=1S/C30H33N5O5.ClH/c1-22(33(19-23-7-3-2-4-8-23)20-24-11-13-26(14-12-24)35(38)39)21-40-30(37)32-17-15-25(16-18-32)34-28-10-6-5-9-27(28)31-29(34)36;/h2-14,22,25H,15-21H2,1H3,(H,31,36);1H/t22-;/m0./s1. The number of aromatic nitrogens is 2. The number of nitrogens with zero attached hydrogens (tertiary/aromatic N) is 4. The van der Waals surface area contributed by atoms with E-state index in [1.54, 1.807) is 21.6 Å². The number of carbonyl (C=O) groups is 1. The summed E-state index contributed by atoms with van der Waals surface area (Å²) in [7, 11) is 0. The van der Waals surface area contributed by atoms with Crippen LogP contribution in [-0.2, 0) is 17.8 Å². The molecule has 41 heavy (non-hydrogen) atoms. The molecular formula is C30H34ClN5O5. The molecule has 1 atom stereocenters. The Labute approximate surface area is 244 Å². The average molecular weight is 580 g/mol. The monoisotopic (exact) mass is 579 g/mol. The molecule has 0 aliphatic carbocycles. The molecule has 1 fully saturated rings. The molecule has 2 heterocycles. The van der Waals surface area contributed by atoms with E-state index in [-0.39, 0.29) is 48.6 Å². The molecule has 0 unspecified atom stereocenters. The van der Waals surface area contributed by atoms with E-state index in [0.717, 1.165) is 22.2 Å². The Morgan fingerprint density at radius 1 is 1.00 bits per heavy atom. The fraction of sp³-hybridized carbons (Fsp3) is 0.333. The first-order valence-electron chi connectivity index (χ1n) is 13.5. The third kappa shape index (κ3) is 7.14. The van der Waals surface area contributed by atoms with Gasteiger partial charge in [-0.05, 0) is 43.0 Å². The number of imidazole rings is 1. The number of para-hydroxylation sites is 2. The summed E-state index contributed by atoms with van der Waals surface area (Å²) in [5.74, 6) is 0. The quantitative estimate of drug-likeness (QED) is 0.206. The summed E-state index contributed by atoms with van der Waals surface area (Å²) < 4.78 is 7.56. The van der Waals surface area contributed by atoms with Gasteiger partial charge in [0.2, 0.25) is 0 Å². The lowest BCUT2D eigenvalue weighted by Crippen LogP contribution is -2.42. The fourth-order valence-electron chi connectivity index (χ4n) is 5.28. The number of nitrogens with one attached hydrogen (secondary N) is 1. The molecular weight excluding hydrogens is 546 g/mol. The van der Waals surface area contributed by atoms with Gasteiger partial charge in [-0.1, -0.05) is 54.6 Å². The average Bonchev–Trinajstić information content (AvgIpc) is 3.32. The summed E-state index contributed by atoms with van der Waals surface area (Å²) in [5, 5.41) is 11.0. The van der Waals surface area contributed by atoms with Crippen molar-refractivity contribution >= 4 is 35.2 Å². The van der Waals surface area contributed by atoms with Crippen molar-refractivity contribution in [3.8, 4) is 0 Å². The number of rotatable bonds is 9. The molecule has 1 aliphatic rings. The van der Waals surface area contributed by atoms with Crippen LogP contribution < -0.4 is 5.69 Å². The highest BCUT2D eigenvalue weighted by Crippen LogP contribution is 2.25. The Kier molecular flexibility index (Phi) is 9.80. The van der Waals surface area contributed by atoms with E-state index in [1.807, 2.05) is 61.5 Å². The number of nitro benzene ring substituents is 1. The van der Waals surface area contributed by atoms with Crippen LogP contribution in [0.3, 0.4) is 0 Å². The van der Waals surface area contributed by atoms with E-state index >= 15 is 0 Å². The van der Waals surface area contributed by atoms with Crippen LogP contribution in [-0.4, -0.2) is 56.1 Å². The van der Waals surface area contributed by atoms with Crippen molar-refractivity contribution < 1.29 is 14.5 Å². The van der Waals surface area contributed by atoms with Crippen LogP contribution in [0.5, 0.6) is 0 Å². The Hall–Kier alpha value is -4.15. The maximum Gasteiger partial charge on any atom is 0.409 e. The van der Waals surface area contributed by atoms with Gasteiger partial charge >= 0.3 is 11.8 Å². The molecule has 1 amide bonds. The number of hydrogen-bond donors (Lipinski definition) is 1. The summed E-state index contributed by atoms with van der Waals surface area (Å²) in [5.41, 5.74) is 3.69. The van der Waals surface area contributed by atoms with E-state index in [9.17, 15) is 19.7 Å². The van der Waals surface area contributed by atoms with Gasteiger partial charge in [0, 0.05) is 50.4 Å². The molecule has 5 rings (SSSR count). The normalized spacial score (nSPS) is 14.5. The van der Waals surface area contributed by atoms with Gasteiger partial charge in [0.25, 0.3) is 5.69 Å². The van der Waals surface area contributed by atoms with Crippen LogP contribution in [0.2, 0.25) is 0 Å². The number of hydrogen-bond acceptors (Lipinski definition) is 6. The van der Waals surface area contributed by atoms with E-state index in [0.29, 0.717) is 39.0 Å². The second-order valence-electron chi connectivity index (χ2n) is 10.3. The summed E-state index contributed by atoms with van der Waals surface area (Å²) in [6, 6.07) is 24.1. The van der Waals surface area contributed by atoms with Crippen LogP contribution in [0.15, 0.2) is 83.7 Å². The molecule has 0 radical (unpaired) electrons. The van der Waals surface area contributed by atoms with Crippen LogP contribution in [0.25, 0.3) is 11.0 Å². The minimum absolute atomic E-state index is 0. The number of ether oxygens (including phenoxy) is 1. The first kappa shape index (κ1) is 29.8. The zero-order valence-electron chi connectivity index (χ0n) is 22.8. The first-order valence-corrected chi connectivity index (χ1v) is 13.5. The van der Waals surface area contributed by atoms with Crippen molar-refractivity contribution in [2.75, 3.05) is 19.7 Å². The molecule has 1 aromatic heterocycles. The van der Waals surface area contributed by atoms with E-state index in [2.05, 4.69) is 9.88 Å². The zero-order chi connectivity index (χ0) is 28.1. The molecule has 0 saturated carbocycles. The van der Waals surface area contributed by atoms with Crippen LogP contribution >= 0.6 is 12.4 Å². The van der Waals surface area contributed by atoms with Gasteiger partial charge in [-0.3, -0.25) is 19.6 Å². The second-order valence-corrected chi connectivity index (χ2v) is 10.3. The topological polar surface area (TPSA) is 114 Å². The Morgan fingerprint density at radius 3 is 2.27 bits per heavy atom. The molecule has 11 heteroatoms. The fourth-order valence-corrected chi connectivity index (χ4v) is 5.28. The minimum atomic E-state index is -0.408. The van der Waals surface area contributed by atoms with Crippen molar-refractivity contribution in [1.82, 2.24) is 19.4 Å². The van der Waals surface area contributed by atoms with Crippen LogP contribution in [0.4, 0.5) is 10.5 Å². The maximum atomic E-state index is 13.0. The van der Waals surface area contributed by atoms with Crippen LogP contribution in [0, 0.1) is 10.1 Å². The number of halogens is 1. The lowest BCUT2D eigenvalue weighted by atomic mass is 10.0. The lowest BCUT2D eigenvalue weighted by molar-refractivity contribution is -0.384. The van der Waals surface area contributed by atoms with E-state index in [4.69, 9.17) is 4.74 Å². The van der Waals surface area contributed by atoms with Crippen molar-refractivity contribution in [3.05, 3.63) is 111 Å². The number of carbonyl (C=O) groups excluding carboxylic acids is 1. The van der Waals surface area contributed by atoms with Gasteiger partial charge in [0.1, 0.15) is 6.61 Å². The predicted molar refractivity (Wildman–Crippen MR) is 159 cm³/mol. The maximum absolute atomic E-state index is 13.0. The smallest absolute Gasteiger partial charge is 0.409 e. The minimum Gasteiger partial charge on any atom is -0.448 e. The molecule has 1 saturated heterocycles. The largest absolute Gasteiger partial charge is 0.448 e. The van der Waals surface area contributed by atoms with Crippen molar-refractivity contribution in [1.29, 1.82) is 0 Å². The molecule has 4 aromatic rings. The number of fused-ring (bicyclic) bond motifs is 1. The van der Waals surface area contributed by atoms with Gasteiger partial charge in [-0.15, -0.1) is 12.4 Å². The highest BCUT2D eigenvalue weighted by molar-refractivity contribution is 5.85. The molecule has 10 nitrogen and oxygen atoms in total. The number of likely N-dealkylation sites (tertiary alicyclic amines) is 1. The van der Waals surface area contributed by atoms with Gasteiger partial charge in [0.15, 0.2) is 0 Å². The van der Waals surface area contributed by atoms with Gasteiger partial charge in [-0.25, -0.2) is 9.59 Å². The molecule has 3 aromatic carbocycles. The SMILES string of the molecule is C[C@@H](COC(=O)N1CCC(n2c(=O)[nH]c3ccccc32)CC1)N(Cc1ccccc1)Cc1ccc([N+](=O)[O-])cc1.Cl. The molecule has 1 N–H and O–H groups in total. The van der Waals surface area contributed by atoms with Gasteiger partial charge in [-0.2, -0.15) is 0 Å². The molecule has 0 bridgehead atoms. The predicted octanol–water partition coefficient (Wildman–Crippen LogP) is 5.52. The van der Waals surface area contributed by atoms with Crippen molar-refractivity contribution in [3.63, 3.8) is 0 Å². The third-order valence-electron chi connectivity index (χ3n) is 7.54. The van der Waals surface area contributed by atoms with Crippen LogP contribution in [0.1, 0.15) is 36.9 Å². The highest BCUT2D eigenvalue weighted by atomic mass is 35.5. The van der Waals surface area contributed by atoms with Gasteiger partial charge in [0.05, 0.1) is 16.0 Å². The molecule has 1 aliphatic heterocycles. The third-order valence-corrected chi connectivity index (χ3v) is 7.54. The lowest BCUT2D eigenvalue weighted by Gasteiger charge is -2.33. The number of amides is 1. The zero-order valence-corrected chi connectivity index (χ0v) is 23.7. The van der Waals surface area contributed by atoms with E-state index in [1.165, 1.54) is 12.1 Å². The van der Waals surface area contributed by atoms with Crippen molar-refractivity contribution in [2.24, 2.45) is 0 Å². The summed E-state index contributed by atoms with van der Waals surface area (Å²) in [6.07, 6.45) is 0.992. The van der Waals surface area contributed by atoms with Crippen molar-refractivity contribution in [2.45, 2.75) is 44.9 Å². The van der Waals surface area contributed by atoms with Gasteiger partial charge < -0.3 is 14.6 Å². The Morgan fingerprint density at radius 2 is 1.61 bits per heavy atom. The summed E-state index contributed by atoms with van der Waals surface area (Å²) >= 11 is 0. The number of benzene rings is 3. The highest BCUT2D eigenvalue weighted by Gasteiger charge is 2.27. The summed E-state index contributed by atoms with van der Waals surface area (Å²) in [6.45, 7) is 4.44. The summed E-state index contributed by atoms with van der Waals surface area (Å²) in [4.78, 5) is 43.0. The number of H-pyrrole nitrogens is 1. The molecule has 0 spiro atoms. The molecule has 216 valence electrons. The number of non-ortho nitro benzene ring substituents is 1. The Bertz CT molecular complexity index is 1510.